The first kappa shape index (κ1) is 15.6. The minimum atomic E-state index is 0.0433. The maximum Gasteiger partial charge on any atom is 0.317 e. The van der Waals surface area contributed by atoms with Gasteiger partial charge in [-0.2, -0.15) is 11.8 Å². The topological polar surface area (TPSA) is 52.6 Å². The molecule has 2 N–H and O–H groups in total. The van der Waals surface area contributed by atoms with Gasteiger partial charge in [-0.3, -0.25) is 0 Å². The van der Waals surface area contributed by atoms with Gasteiger partial charge in [-0.25, -0.2) is 4.79 Å². The zero-order valence-electron chi connectivity index (χ0n) is 11.5. The first-order chi connectivity index (χ1) is 8.69. The maximum absolute atomic E-state index is 12.2. The van der Waals surface area contributed by atoms with Crippen molar-refractivity contribution in [2.24, 2.45) is 0 Å². The second-order valence-corrected chi connectivity index (χ2v) is 5.97. The largest absolute Gasteiger partial charge is 0.396 e. The smallest absolute Gasteiger partial charge is 0.317 e. The van der Waals surface area contributed by atoms with E-state index >= 15 is 0 Å². The Morgan fingerprint density at radius 2 is 2.33 bits per heavy atom. The second kappa shape index (κ2) is 8.64. The molecule has 2 amide bonds. The molecule has 0 bridgehead atoms. The highest BCUT2D eigenvalue weighted by Crippen LogP contribution is 2.19. The van der Waals surface area contributed by atoms with Crippen LogP contribution in [0.3, 0.4) is 0 Å². The van der Waals surface area contributed by atoms with E-state index in [2.05, 4.69) is 18.5 Å². The molecule has 1 aliphatic rings. The van der Waals surface area contributed by atoms with E-state index in [0.717, 1.165) is 38.0 Å². The van der Waals surface area contributed by atoms with Gasteiger partial charge in [0, 0.05) is 25.2 Å². The molecule has 1 fully saturated rings. The van der Waals surface area contributed by atoms with Crippen LogP contribution in [0.15, 0.2) is 0 Å². The van der Waals surface area contributed by atoms with Crippen molar-refractivity contribution in [1.29, 1.82) is 0 Å². The molecule has 2 atom stereocenters. The monoisotopic (exact) mass is 274 g/mol. The van der Waals surface area contributed by atoms with E-state index in [1.54, 1.807) is 11.8 Å². The molecule has 0 saturated carbocycles. The summed E-state index contributed by atoms with van der Waals surface area (Å²) in [5.74, 6) is 1.07. The number of hydrogen-bond acceptors (Lipinski definition) is 3. The number of hydrogen-bond donors (Lipinski definition) is 2. The Bertz CT molecular complexity index is 249. The normalized spacial score (nSPS) is 21.7. The fraction of sp³-hybridized carbons (Fsp3) is 0.923. The Morgan fingerprint density at radius 1 is 1.56 bits per heavy atom. The molecule has 106 valence electrons. The van der Waals surface area contributed by atoms with Crippen molar-refractivity contribution < 1.29 is 9.90 Å². The number of urea groups is 1. The maximum atomic E-state index is 12.2. The molecule has 0 radical (unpaired) electrons. The van der Waals surface area contributed by atoms with Crippen LogP contribution >= 0.6 is 11.8 Å². The van der Waals surface area contributed by atoms with Crippen LogP contribution in [0.4, 0.5) is 4.79 Å². The van der Waals surface area contributed by atoms with Gasteiger partial charge in [0.1, 0.15) is 0 Å². The standard InChI is InChI=1S/C13H26N2O2S/c1-11(7-10-18-2)14-13(17)15-8-4-3-5-12(15)6-9-16/h11-12,16H,3-10H2,1-2H3,(H,14,17)/t11-,12-/m1/s1. The van der Waals surface area contributed by atoms with Gasteiger partial charge in [0.05, 0.1) is 0 Å². The van der Waals surface area contributed by atoms with E-state index in [4.69, 9.17) is 5.11 Å². The van der Waals surface area contributed by atoms with Gasteiger partial charge < -0.3 is 15.3 Å². The molecule has 0 aliphatic carbocycles. The van der Waals surface area contributed by atoms with E-state index in [1.807, 2.05) is 4.90 Å². The van der Waals surface area contributed by atoms with Crippen LogP contribution in [0, 0.1) is 0 Å². The van der Waals surface area contributed by atoms with Gasteiger partial charge in [-0.15, -0.1) is 0 Å². The third-order valence-electron chi connectivity index (χ3n) is 3.48. The molecule has 0 unspecified atom stereocenters. The van der Waals surface area contributed by atoms with Crippen molar-refractivity contribution in [1.82, 2.24) is 10.2 Å². The highest BCUT2D eigenvalue weighted by atomic mass is 32.2. The quantitative estimate of drug-likeness (QED) is 0.779. The average Bonchev–Trinajstić information content (AvgIpc) is 2.37. The molecule has 18 heavy (non-hydrogen) atoms. The van der Waals surface area contributed by atoms with Crippen LogP contribution in [0.5, 0.6) is 0 Å². The summed E-state index contributed by atoms with van der Waals surface area (Å²) in [7, 11) is 0. The number of aliphatic hydroxyl groups excluding tert-OH is 1. The third kappa shape index (κ3) is 5.06. The van der Waals surface area contributed by atoms with Crippen LogP contribution < -0.4 is 5.32 Å². The van der Waals surface area contributed by atoms with E-state index in [-0.39, 0.29) is 24.7 Å². The predicted octanol–water partition coefficient (Wildman–Crippen LogP) is 2.07. The Hall–Kier alpha value is -0.420. The van der Waals surface area contributed by atoms with Gasteiger partial charge in [0.15, 0.2) is 0 Å². The van der Waals surface area contributed by atoms with Crippen molar-refractivity contribution in [2.75, 3.05) is 25.2 Å². The average molecular weight is 274 g/mol. The summed E-state index contributed by atoms with van der Waals surface area (Å²) >= 11 is 1.80. The minimum absolute atomic E-state index is 0.0433. The van der Waals surface area contributed by atoms with E-state index in [0.29, 0.717) is 6.42 Å². The number of nitrogens with one attached hydrogen (secondary N) is 1. The summed E-state index contributed by atoms with van der Waals surface area (Å²) in [5.41, 5.74) is 0. The van der Waals surface area contributed by atoms with Crippen LogP contribution in [0.25, 0.3) is 0 Å². The van der Waals surface area contributed by atoms with Crippen LogP contribution in [-0.4, -0.2) is 53.3 Å². The fourth-order valence-corrected chi connectivity index (χ4v) is 2.97. The van der Waals surface area contributed by atoms with Crippen LogP contribution in [-0.2, 0) is 0 Å². The van der Waals surface area contributed by atoms with E-state index in [9.17, 15) is 4.79 Å². The second-order valence-electron chi connectivity index (χ2n) is 4.99. The number of rotatable bonds is 6. The first-order valence-electron chi connectivity index (χ1n) is 6.86. The molecule has 0 aromatic carbocycles. The lowest BCUT2D eigenvalue weighted by Crippen LogP contribution is -2.51. The van der Waals surface area contributed by atoms with Gasteiger partial charge >= 0.3 is 6.03 Å². The summed E-state index contributed by atoms with van der Waals surface area (Å²) < 4.78 is 0. The van der Waals surface area contributed by atoms with Crippen molar-refractivity contribution in [2.45, 2.75) is 51.1 Å². The van der Waals surface area contributed by atoms with Crippen molar-refractivity contribution in [3.63, 3.8) is 0 Å². The Balaban J connectivity index is 2.42. The molecule has 0 aromatic heterocycles. The lowest BCUT2D eigenvalue weighted by Gasteiger charge is -2.36. The Morgan fingerprint density at radius 3 is 3.00 bits per heavy atom. The van der Waals surface area contributed by atoms with Crippen molar-refractivity contribution in [3.8, 4) is 0 Å². The van der Waals surface area contributed by atoms with E-state index < -0.39 is 0 Å². The highest BCUT2D eigenvalue weighted by molar-refractivity contribution is 7.98. The molecule has 0 spiro atoms. The SMILES string of the molecule is CSCC[C@@H](C)NC(=O)N1CCCC[C@@H]1CCO. The van der Waals surface area contributed by atoms with Crippen LogP contribution in [0.2, 0.25) is 0 Å². The molecule has 4 nitrogen and oxygen atoms in total. The molecule has 1 saturated heterocycles. The predicted molar refractivity (Wildman–Crippen MR) is 77.0 cm³/mol. The van der Waals surface area contributed by atoms with Gasteiger partial charge in [-0.05, 0) is 51.0 Å². The summed E-state index contributed by atoms with van der Waals surface area (Å²) in [5, 5.41) is 12.1. The molecular formula is C13H26N2O2S. The number of piperidine rings is 1. The van der Waals surface area contributed by atoms with Crippen molar-refractivity contribution in [3.05, 3.63) is 0 Å². The molecule has 5 heteroatoms. The number of carbonyl (C=O) groups is 1. The van der Waals surface area contributed by atoms with Gasteiger partial charge in [-0.1, -0.05) is 0 Å². The third-order valence-corrected chi connectivity index (χ3v) is 4.12. The molecular weight excluding hydrogens is 248 g/mol. The molecule has 0 aromatic rings. The highest BCUT2D eigenvalue weighted by Gasteiger charge is 2.26. The minimum Gasteiger partial charge on any atom is -0.396 e. The number of carbonyl (C=O) groups excluding carboxylic acids is 1. The van der Waals surface area contributed by atoms with Gasteiger partial charge in [0.2, 0.25) is 0 Å². The summed E-state index contributed by atoms with van der Waals surface area (Å²) in [6.07, 6.45) is 7.05. The fourth-order valence-electron chi connectivity index (χ4n) is 2.38. The molecule has 1 rings (SSSR count). The van der Waals surface area contributed by atoms with Crippen molar-refractivity contribution >= 4 is 17.8 Å². The van der Waals surface area contributed by atoms with Crippen LogP contribution in [0.1, 0.15) is 39.0 Å². The summed E-state index contributed by atoms with van der Waals surface area (Å²) in [6.45, 7) is 3.04. The zero-order chi connectivity index (χ0) is 13.4. The Labute approximate surface area is 115 Å². The van der Waals surface area contributed by atoms with E-state index in [1.165, 1.54) is 0 Å². The number of aliphatic hydroxyl groups is 1. The number of nitrogens with zero attached hydrogens (tertiary/aromatic N) is 1. The lowest BCUT2D eigenvalue weighted by molar-refractivity contribution is 0.130. The molecule has 1 heterocycles. The molecule has 1 aliphatic heterocycles. The summed E-state index contributed by atoms with van der Waals surface area (Å²) in [6, 6.07) is 0.486. The number of thioether (sulfide) groups is 1. The summed E-state index contributed by atoms with van der Waals surface area (Å²) in [4.78, 5) is 14.1. The lowest BCUT2D eigenvalue weighted by atomic mass is 10.00. The van der Waals surface area contributed by atoms with Gasteiger partial charge in [0.25, 0.3) is 0 Å². The number of likely N-dealkylation sites (tertiary alicyclic amines) is 1. The first-order valence-corrected chi connectivity index (χ1v) is 8.25. The number of amides is 2. The Kier molecular flexibility index (Phi) is 7.51. The zero-order valence-corrected chi connectivity index (χ0v) is 12.3.